The molecule has 1 rings (SSSR count). The van der Waals surface area contributed by atoms with Gasteiger partial charge in [0.05, 0.1) is 5.02 Å². The van der Waals surface area contributed by atoms with Crippen molar-refractivity contribution in [3.05, 3.63) is 34.9 Å². The average Bonchev–Trinajstić information content (AvgIpc) is 2.26. The smallest absolute Gasteiger partial charge is 0.294 e. The molecule has 2 nitrogen and oxygen atoms in total. The summed E-state index contributed by atoms with van der Waals surface area (Å²) in [7, 11) is 0. The molecule has 0 radical (unpaired) electrons. The first-order chi connectivity index (χ1) is 8.87. The van der Waals surface area contributed by atoms with Gasteiger partial charge in [0.2, 0.25) is 0 Å². The molecule has 112 valence electrons. The first-order valence-electron chi connectivity index (χ1n) is 4.81. The molecule has 0 saturated heterocycles. The summed E-state index contributed by atoms with van der Waals surface area (Å²) in [5.41, 5.74) is 0.587. The molecule has 0 heterocycles. The highest BCUT2D eigenvalue weighted by Crippen LogP contribution is 2.28. The Labute approximate surface area is 114 Å². The van der Waals surface area contributed by atoms with Gasteiger partial charge in [0, 0.05) is 5.56 Å². The molecule has 0 bridgehead atoms. The average molecular weight is 321 g/mol. The van der Waals surface area contributed by atoms with Crippen molar-refractivity contribution in [3.8, 4) is 0 Å². The molecule has 0 fully saturated rings. The Morgan fingerprint density at radius 2 is 1.35 bits per heavy atom. The van der Waals surface area contributed by atoms with E-state index in [0.29, 0.717) is 10.6 Å². The van der Waals surface area contributed by atoms with Gasteiger partial charge in [-0.1, -0.05) is 23.7 Å². The van der Waals surface area contributed by atoms with Crippen LogP contribution in [0.25, 0.3) is 0 Å². The van der Waals surface area contributed by atoms with E-state index in [1.54, 1.807) is 24.3 Å². The number of halogens is 7. The van der Waals surface area contributed by atoms with Crippen LogP contribution in [-0.4, -0.2) is 23.9 Å². The molecule has 20 heavy (non-hydrogen) atoms. The van der Waals surface area contributed by atoms with Crippen molar-refractivity contribution in [1.82, 2.24) is 0 Å². The van der Waals surface area contributed by atoms with E-state index >= 15 is 0 Å². The van der Waals surface area contributed by atoms with E-state index in [1.165, 1.54) is 6.92 Å². The van der Waals surface area contributed by atoms with Crippen LogP contribution >= 0.6 is 11.6 Å². The van der Waals surface area contributed by atoms with Crippen LogP contribution in [0.1, 0.15) is 17.3 Å². The Kier molecular flexibility index (Phi) is 6.21. The summed E-state index contributed by atoms with van der Waals surface area (Å²) in [6, 6.07) is 7.01. The molecule has 0 saturated carbocycles. The minimum atomic E-state index is -5.82. The predicted octanol–water partition coefficient (Wildman–Crippen LogP) is 4.22. The normalized spacial score (nSPS) is 11.4. The molecule has 0 aliphatic carbocycles. The van der Waals surface area contributed by atoms with Crippen LogP contribution in [-0.2, 0) is 4.79 Å². The predicted molar refractivity (Wildman–Crippen MR) is 58.6 cm³/mol. The third kappa shape index (κ3) is 6.05. The maximum atomic E-state index is 10.9. The van der Waals surface area contributed by atoms with Gasteiger partial charge < -0.3 is 0 Å². The van der Waals surface area contributed by atoms with Crippen molar-refractivity contribution in [2.24, 2.45) is 0 Å². The summed E-state index contributed by atoms with van der Waals surface area (Å²) < 4.78 is 65.3. The second-order valence-corrected chi connectivity index (χ2v) is 3.77. The summed E-state index contributed by atoms with van der Waals surface area (Å²) in [5.74, 6) is -3.68. The van der Waals surface area contributed by atoms with Crippen LogP contribution in [0.5, 0.6) is 0 Å². The largest absolute Gasteiger partial charge is 0.459 e. The second-order valence-electron chi connectivity index (χ2n) is 3.36. The monoisotopic (exact) mass is 320 g/mol. The van der Waals surface area contributed by atoms with E-state index in [1.807, 2.05) is 0 Å². The highest BCUT2D eigenvalue weighted by molar-refractivity contribution is 6.33. The number of ketones is 2. The van der Waals surface area contributed by atoms with Crippen molar-refractivity contribution < 1.29 is 35.9 Å². The summed E-state index contributed by atoms with van der Waals surface area (Å²) >= 11 is 5.70. The highest BCUT2D eigenvalue weighted by atomic mass is 35.5. The Bertz CT molecular complexity index is 476. The highest BCUT2D eigenvalue weighted by Gasteiger charge is 2.55. The minimum absolute atomic E-state index is 0.00519. The number of carbonyl (C=O) groups is 2. The van der Waals surface area contributed by atoms with Gasteiger partial charge in [0.1, 0.15) is 0 Å². The molecule has 0 aromatic heterocycles. The Morgan fingerprint density at radius 3 is 1.55 bits per heavy atom. The maximum Gasteiger partial charge on any atom is 0.459 e. The first-order valence-corrected chi connectivity index (χ1v) is 5.19. The topological polar surface area (TPSA) is 34.1 Å². The third-order valence-corrected chi connectivity index (χ3v) is 2.10. The number of benzene rings is 1. The Balaban J connectivity index is 0.000000361. The molecular weight excluding hydrogens is 314 g/mol. The number of hydrogen-bond acceptors (Lipinski definition) is 2. The first kappa shape index (κ1) is 18.4. The van der Waals surface area contributed by atoms with Crippen molar-refractivity contribution >= 4 is 23.2 Å². The van der Waals surface area contributed by atoms with Crippen LogP contribution < -0.4 is 0 Å². The lowest BCUT2D eigenvalue weighted by Gasteiger charge is -2.06. The van der Waals surface area contributed by atoms with Gasteiger partial charge in [0.25, 0.3) is 0 Å². The van der Waals surface area contributed by atoms with Gasteiger partial charge in [-0.05, 0) is 19.1 Å². The van der Waals surface area contributed by atoms with Crippen LogP contribution in [0, 0.1) is 0 Å². The number of rotatable bonds is 1. The van der Waals surface area contributed by atoms with Crippen LogP contribution in [0.2, 0.25) is 5.02 Å². The van der Waals surface area contributed by atoms with Gasteiger partial charge in [-0.2, -0.15) is 26.3 Å². The summed E-state index contributed by atoms with van der Waals surface area (Å²) in [6.07, 6.45) is -11.6. The quantitative estimate of drug-likeness (QED) is 0.573. The van der Waals surface area contributed by atoms with E-state index in [0.717, 1.165) is 0 Å². The van der Waals surface area contributed by atoms with Gasteiger partial charge in [-0.15, -0.1) is 0 Å². The van der Waals surface area contributed by atoms with Crippen LogP contribution in [0.15, 0.2) is 24.3 Å². The van der Waals surface area contributed by atoms with Crippen LogP contribution in [0.3, 0.4) is 0 Å². The lowest BCUT2D eigenvalue weighted by atomic mass is 10.1. The molecule has 1 aromatic carbocycles. The standard InChI is InChI=1S/C8H7ClO.C3F6O/c1-6(10)7-4-2-3-5-8(7)9;4-2(5,6)1(10)3(7,8)9/h2-5H,1H3;. The van der Waals surface area contributed by atoms with E-state index in [2.05, 4.69) is 0 Å². The van der Waals surface area contributed by atoms with E-state index < -0.39 is 18.1 Å². The van der Waals surface area contributed by atoms with Crippen molar-refractivity contribution in [2.45, 2.75) is 19.3 Å². The fourth-order valence-electron chi connectivity index (χ4n) is 0.907. The van der Waals surface area contributed by atoms with Crippen molar-refractivity contribution in [2.75, 3.05) is 0 Å². The molecule has 0 amide bonds. The maximum absolute atomic E-state index is 10.9. The molecule has 1 aromatic rings. The fraction of sp³-hybridized carbons (Fsp3) is 0.273. The van der Waals surface area contributed by atoms with Gasteiger partial charge in [-0.25, -0.2) is 0 Å². The zero-order valence-electron chi connectivity index (χ0n) is 9.77. The lowest BCUT2D eigenvalue weighted by molar-refractivity contribution is -0.217. The molecular formula is C11H7ClF6O2. The fourth-order valence-corrected chi connectivity index (χ4v) is 1.18. The summed E-state index contributed by atoms with van der Waals surface area (Å²) in [5, 5.41) is 0.523. The summed E-state index contributed by atoms with van der Waals surface area (Å²) in [6.45, 7) is 1.50. The molecule has 0 aliphatic rings. The zero-order valence-corrected chi connectivity index (χ0v) is 10.5. The third-order valence-electron chi connectivity index (χ3n) is 1.77. The van der Waals surface area contributed by atoms with Gasteiger partial charge in [-0.3, -0.25) is 9.59 Å². The molecule has 0 unspecified atom stereocenters. The lowest BCUT2D eigenvalue weighted by Crippen LogP contribution is -2.36. The number of alkyl halides is 6. The summed E-state index contributed by atoms with van der Waals surface area (Å²) in [4.78, 5) is 20.0. The van der Waals surface area contributed by atoms with Gasteiger partial charge >= 0.3 is 18.1 Å². The minimum Gasteiger partial charge on any atom is -0.294 e. The van der Waals surface area contributed by atoms with E-state index in [9.17, 15) is 35.9 Å². The number of Topliss-reactive ketones (excluding diaryl/α,β-unsaturated/α-hetero) is 2. The van der Waals surface area contributed by atoms with Crippen molar-refractivity contribution in [3.63, 3.8) is 0 Å². The molecule has 0 spiro atoms. The van der Waals surface area contributed by atoms with E-state index in [4.69, 9.17) is 11.6 Å². The van der Waals surface area contributed by atoms with Gasteiger partial charge in [0.15, 0.2) is 5.78 Å². The zero-order chi connectivity index (χ0) is 16.1. The van der Waals surface area contributed by atoms with Crippen LogP contribution in [0.4, 0.5) is 26.3 Å². The molecule has 0 aliphatic heterocycles. The Hall–Kier alpha value is -1.57. The number of carbonyl (C=O) groups excluding carboxylic acids is 2. The van der Waals surface area contributed by atoms with E-state index in [-0.39, 0.29) is 5.78 Å². The molecule has 0 N–H and O–H groups in total. The SMILES string of the molecule is CC(=O)c1ccccc1Cl.O=C(C(F)(F)F)C(F)(F)F. The molecule has 0 atom stereocenters. The second kappa shape index (κ2) is 6.74. The molecule has 9 heteroatoms. The Morgan fingerprint density at radius 1 is 0.950 bits per heavy atom. The number of hydrogen-bond donors (Lipinski definition) is 0. The van der Waals surface area contributed by atoms with Crippen molar-refractivity contribution in [1.29, 1.82) is 0 Å².